The summed E-state index contributed by atoms with van der Waals surface area (Å²) in [5, 5.41) is 6.94. The molecular weight excluding hydrogens is 266 g/mol. The largest absolute Gasteiger partial charge is 0.346 e. The van der Waals surface area contributed by atoms with Gasteiger partial charge in [-0.3, -0.25) is 4.79 Å². The Labute approximate surface area is 103 Å². The van der Waals surface area contributed by atoms with Gasteiger partial charge in [0.05, 0.1) is 11.4 Å². The number of halogens is 2. The number of amides is 1. The number of hydrogen-bond acceptors (Lipinski definition) is 3. The van der Waals surface area contributed by atoms with E-state index >= 15 is 0 Å². The molecule has 5 nitrogen and oxygen atoms in total. The fraction of sp³-hybridized carbons (Fsp3) is 0.300. The fourth-order valence-electron chi connectivity index (χ4n) is 1.32. The minimum Gasteiger partial charge on any atom is -0.346 e. The van der Waals surface area contributed by atoms with Crippen LogP contribution in [0.2, 0.25) is 0 Å². The number of alkyl halides is 2. The predicted molar refractivity (Wildman–Crippen MR) is 60.9 cm³/mol. The normalized spacial score (nSPS) is 11.6. The molecule has 1 amide bonds. The van der Waals surface area contributed by atoms with Crippen LogP contribution in [-0.4, -0.2) is 27.3 Å². The van der Waals surface area contributed by atoms with Gasteiger partial charge in [-0.05, 0) is 24.6 Å². The van der Waals surface area contributed by atoms with Crippen molar-refractivity contribution in [2.75, 3.05) is 6.54 Å². The standard InChI is InChI=1S/C10H12F2N2O3S/c1-6-2-3-7(4-8(6)18(13,16)17)10(15)14-5-9(11)12/h2-4,9H,5H2,1H3,(H,14,15)(H2,13,16,17). The highest BCUT2D eigenvalue weighted by atomic mass is 32.2. The Morgan fingerprint density at radius 3 is 2.56 bits per heavy atom. The molecular formula is C10H12F2N2O3S. The lowest BCUT2D eigenvalue weighted by Crippen LogP contribution is -2.28. The fourth-order valence-corrected chi connectivity index (χ4v) is 2.13. The third-order valence-corrected chi connectivity index (χ3v) is 3.23. The molecule has 1 rings (SSSR count). The van der Waals surface area contributed by atoms with Crippen molar-refractivity contribution < 1.29 is 22.0 Å². The average Bonchev–Trinajstić information content (AvgIpc) is 2.24. The second-order valence-electron chi connectivity index (χ2n) is 3.63. The summed E-state index contributed by atoms with van der Waals surface area (Å²) in [6, 6.07) is 3.79. The number of carbonyl (C=O) groups excluding carboxylic acids is 1. The summed E-state index contributed by atoms with van der Waals surface area (Å²) in [6.45, 7) is 0.720. The van der Waals surface area contributed by atoms with Crippen LogP contribution in [0, 0.1) is 6.92 Å². The summed E-state index contributed by atoms with van der Waals surface area (Å²) in [5.74, 6) is -0.778. The van der Waals surface area contributed by atoms with E-state index in [9.17, 15) is 22.0 Å². The first-order valence-electron chi connectivity index (χ1n) is 4.91. The highest BCUT2D eigenvalue weighted by molar-refractivity contribution is 7.89. The van der Waals surface area contributed by atoms with Crippen LogP contribution in [-0.2, 0) is 10.0 Å². The van der Waals surface area contributed by atoms with Crippen molar-refractivity contribution in [2.45, 2.75) is 18.2 Å². The Balaban J connectivity index is 3.02. The molecule has 0 saturated carbocycles. The molecule has 0 fully saturated rings. The third kappa shape index (κ3) is 3.74. The topological polar surface area (TPSA) is 89.3 Å². The number of primary sulfonamides is 1. The van der Waals surface area contributed by atoms with Crippen LogP contribution in [0.3, 0.4) is 0 Å². The lowest BCUT2D eigenvalue weighted by Gasteiger charge is -2.07. The molecule has 1 aromatic carbocycles. The summed E-state index contributed by atoms with van der Waals surface area (Å²) in [4.78, 5) is 11.3. The van der Waals surface area contributed by atoms with Crippen molar-refractivity contribution in [3.8, 4) is 0 Å². The van der Waals surface area contributed by atoms with Gasteiger partial charge in [0, 0.05) is 5.56 Å². The van der Waals surface area contributed by atoms with E-state index in [0.717, 1.165) is 6.07 Å². The highest BCUT2D eigenvalue weighted by Crippen LogP contribution is 2.15. The van der Waals surface area contributed by atoms with Crippen LogP contribution in [0.5, 0.6) is 0 Å². The number of aryl methyl sites for hydroxylation is 1. The number of carbonyl (C=O) groups is 1. The Bertz CT molecular complexity index is 558. The number of rotatable bonds is 4. The molecule has 0 bridgehead atoms. The SMILES string of the molecule is Cc1ccc(C(=O)NCC(F)F)cc1S(N)(=O)=O. The van der Waals surface area contributed by atoms with E-state index in [4.69, 9.17) is 5.14 Å². The van der Waals surface area contributed by atoms with Crippen LogP contribution in [0.1, 0.15) is 15.9 Å². The van der Waals surface area contributed by atoms with Gasteiger partial charge in [-0.1, -0.05) is 6.07 Å². The second-order valence-corrected chi connectivity index (χ2v) is 5.16. The summed E-state index contributed by atoms with van der Waals surface area (Å²) < 4.78 is 46.3. The minimum absolute atomic E-state index is 0.0368. The smallest absolute Gasteiger partial charge is 0.255 e. The number of sulfonamides is 1. The molecule has 0 aromatic heterocycles. The third-order valence-electron chi connectivity index (χ3n) is 2.17. The van der Waals surface area contributed by atoms with Gasteiger partial charge >= 0.3 is 0 Å². The zero-order chi connectivity index (χ0) is 13.9. The second kappa shape index (κ2) is 5.40. The Morgan fingerprint density at radius 2 is 2.06 bits per heavy atom. The summed E-state index contributed by atoms with van der Waals surface area (Å²) in [6.07, 6.45) is -2.67. The molecule has 0 heterocycles. The first-order chi connectivity index (χ1) is 8.21. The quantitative estimate of drug-likeness (QED) is 0.846. The van der Waals surface area contributed by atoms with Gasteiger partial charge in [-0.2, -0.15) is 0 Å². The molecule has 0 aliphatic rings. The van der Waals surface area contributed by atoms with Crippen molar-refractivity contribution in [3.05, 3.63) is 29.3 Å². The Kier molecular flexibility index (Phi) is 4.36. The highest BCUT2D eigenvalue weighted by Gasteiger charge is 2.15. The predicted octanol–water partition coefficient (Wildman–Crippen LogP) is 0.637. The molecule has 8 heteroatoms. The van der Waals surface area contributed by atoms with Crippen LogP contribution >= 0.6 is 0 Å². The van der Waals surface area contributed by atoms with Crippen molar-refractivity contribution in [1.82, 2.24) is 5.32 Å². The zero-order valence-corrected chi connectivity index (χ0v) is 10.3. The van der Waals surface area contributed by atoms with Crippen LogP contribution < -0.4 is 10.5 Å². The van der Waals surface area contributed by atoms with E-state index in [1.54, 1.807) is 0 Å². The molecule has 0 saturated heterocycles. The number of benzene rings is 1. The molecule has 0 aliphatic carbocycles. The number of nitrogens with two attached hydrogens (primary N) is 1. The first kappa shape index (κ1) is 14.5. The van der Waals surface area contributed by atoms with Gasteiger partial charge in [0.1, 0.15) is 0 Å². The van der Waals surface area contributed by atoms with Gasteiger partial charge in [0.25, 0.3) is 12.3 Å². The van der Waals surface area contributed by atoms with E-state index in [2.05, 4.69) is 0 Å². The van der Waals surface area contributed by atoms with Gasteiger partial charge in [-0.25, -0.2) is 22.3 Å². The maximum atomic E-state index is 11.9. The lowest BCUT2D eigenvalue weighted by atomic mass is 10.1. The molecule has 0 unspecified atom stereocenters. The van der Waals surface area contributed by atoms with Crippen LogP contribution in [0.4, 0.5) is 8.78 Å². The van der Waals surface area contributed by atoms with Gasteiger partial charge < -0.3 is 5.32 Å². The number of nitrogens with one attached hydrogen (secondary N) is 1. The van der Waals surface area contributed by atoms with E-state index in [0.29, 0.717) is 5.56 Å². The van der Waals surface area contributed by atoms with Gasteiger partial charge in [0.15, 0.2) is 0 Å². The summed E-state index contributed by atoms with van der Waals surface area (Å²) >= 11 is 0. The Morgan fingerprint density at radius 1 is 1.44 bits per heavy atom. The van der Waals surface area contributed by atoms with Crippen molar-refractivity contribution in [3.63, 3.8) is 0 Å². The minimum atomic E-state index is -3.95. The molecule has 1 aromatic rings. The molecule has 0 atom stereocenters. The van der Waals surface area contributed by atoms with Crippen LogP contribution in [0.25, 0.3) is 0 Å². The van der Waals surface area contributed by atoms with Gasteiger partial charge in [0.2, 0.25) is 10.0 Å². The molecule has 100 valence electrons. The molecule has 0 spiro atoms. The molecule has 3 N–H and O–H groups in total. The Hall–Kier alpha value is -1.54. The zero-order valence-electron chi connectivity index (χ0n) is 9.48. The van der Waals surface area contributed by atoms with Crippen molar-refractivity contribution in [2.24, 2.45) is 5.14 Å². The monoisotopic (exact) mass is 278 g/mol. The van der Waals surface area contributed by atoms with Crippen molar-refractivity contribution >= 4 is 15.9 Å². The first-order valence-corrected chi connectivity index (χ1v) is 6.46. The molecule has 18 heavy (non-hydrogen) atoms. The van der Waals surface area contributed by atoms with E-state index in [1.807, 2.05) is 5.32 Å². The maximum Gasteiger partial charge on any atom is 0.255 e. The summed E-state index contributed by atoms with van der Waals surface area (Å²) in [7, 11) is -3.95. The van der Waals surface area contributed by atoms with E-state index < -0.39 is 28.9 Å². The van der Waals surface area contributed by atoms with Crippen LogP contribution in [0.15, 0.2) is 23.1 Å². The lowest BCUT2D eigenvalue weighted by molar-refractivity contribution is 0.0891. The van der Waals surface area contributed by atoms with Crippen molar-refractivity contribution in [1.29, 1.82) is 0 Å². The summed E-state index contributed by atoms with van der Waals surface area (Å²) in [5.41, 5.74) is 0.341. The van der Waals surface area contributed by atoms with Gasteiger partial charge in [-0.15, -0.1) is 0 Å². The average molecular weight is 278 g/mol. The number of hydrogen-bond donors (Lipinski definition) is 2. The van der Waals surface area contributed by atoms with E-state index in [-0.39, 0.29) is 10.5 Å². The molecule has 0 radical (unpaired) electrons. The van der Waals surface area contributed by atoms with E-state index in [1.165, 1.54) is 19.1 Å². The molecule has 0 aliphatic heterocycles. The maximum absolute atomic E-state index is 11.9.